The van der Waals surface area contributed by atoms with E-state index in [1.807, 2.05) is 42.5 Å². The summed E-state index contributed by atoms with van der Waals surface area (Å²) in [5.74, 6) is 0. The molecule has 1 heterocycles. The first kappa shape index (κ1) is 13.0. The van der Waals surface area contributed by atoms with Crippen molar-refractivity contribution in [2.75, 3.05) is 0 Å². The maximum Gasteiger partial charge on any atom is 0.291 e. The lowest BCUT2D eigenvalue weighted by atomic mass is 10.1. The molecule has 3 aromatic rings. The van der Waals surface area contributed by atoms with Crippen LogP contribution in [0.1, 0.15) is 5.56 Å². The predicted octanol–water partition coefficient (Wildman–Crippen LogP) is 3.71. The van der Waals surface area contributed by atoms with Gasteiger partial charge in [-0.25, -0.2) is 0 Å². The Bertz CT molecular complexity index is 866. The molecule has 0 bridgehead atoms. The van der Waals surface area contributed by atoms with Crippen LogP contribution in [0, 0.1) is 0 Å². The quantitative estimate of drug-likeness (QED) is 0.692. The summed E-state index contributed by atoms with van der Waals surface area (Å²) < 4.78 is 27.9. The molecule has 0 N–H and O–H groups in total. The fourth-order valence-electron chi connectivity index (χ4n) is 1.88. The predicted molar refractivity (Wildman–Crippen MR) is 83.0 cm³/mol. The van der Waals surface area contributed by atoms with Crippen LogP contribution in [0.2, 0.25) is 0 Å². The van der Waals surface area contributed by atoms with Crippen LogP contribution in [0.25, 0.3) is 10.8 Å². The largest absolute Gasteiger partial charge is 0.291 e. The molecular formula is C15H11NO2S2. The SMILES string of the molecule is O=S(=O)(/N=C/c1ccc2ccccc2c1)c1cccs1. The lowest BCUT2D eigenvalue weighted by molar-refractivity contribution is 0.600. The van der Waals surface area contributed by atoms with Gasteiger partial charge in [-0.05, 0) is 33.8 Å². The van der Waals surface area contributed by atoms with E-state index in [4.69, 9.17) is 0 Å². The Balaban J connectivity index is 1.95. The third-order valence-electron chi connectivity index (χ3n) is 2.86. The average molecular weight is 301 g/mol. The monoisotopic (exact) mass is 301 g/mol. The number of hydrogen-bond acceptors (Lipinski definition) is 3. The molecule has 0 radical (unpaired) electrons. The first-order valence-corrected chi connectivity index (χ1v) is 8.30. The highest BCUT2D eigenvalue weighted by Crippen LogP contribution is 2.19. The van der Waals surface area contributed by atoms with Gasteiger partial charge in [-0.2, -0.15) is 12.8 Å². The summed E-state index contributed by atoms with van der Waals surface area (Å²) in [7, 11) is -3.58. The molecule has 1 aromatic heterocycles. The van der Waals surface area contributed by atoms with Gasteiger partial charge in [0.05, 0.1) is 0 Å². The van der Waals surface area contributed by atoms with Crippen molar-refractivity contribution < 1.29 is 8.42 Å². The van der Waals surface area contributed by atoms with Crippen LogP contribution < -0.4 is 0 Å². The van der Waals surface area contributed by atoms with Crippen molar-refractivity contribution in [1.82, 2.24) is 0 Å². The number of thiophene rings is 1. The molecule has 3 rings (SSSR count). The zero-order chi connectivity index (χ0) is 14.0. The van der Waals surface area contributed by atoms with Gasteiger partial charge in [0.15, 0.2) is 0 Å². The van der Waals surface area contributed by atoms with E-state index in [-0.39, 0.29) is 4.21 Å². The Labute approximate surface area is 121 Å². The number of fused-ring (bicyclic) bond motifs is 1. The van der Waals surface area contributed by atoms with Crippen molar-refractivity contribution in [3.63, 3.8) is 0 Å². The summed E-state index contributed by atoms with van der Waals surface area (Å²) in [4.78, 5) is 0. The van der Waals surface area contributed by atoms with Gasteiger partial charge in [-0.3, -0.25) is 0 Å². The standard InChI is InChI=1S/C15H11NO2S2/c17-20(18,15-6-3-9-19-15)16-11-12-7-8-13-4-1-2-5-14(13)10-12/h1-11H/b16-11+. The molecule has 0 saturated heterocycles. The van der Waals surface area contributed by atoms with Crippen molar-refractivity contribution >= 4 is 38.3 Å². The van der Waals surface area contributed by atoms with Crippen LogP contribution >= 0.6 is 11.3 Å². The third kappa shape index (κ3) is 2.64. The van der Waals surface area contributed by atoms with E-state index >= 15 is 0 Å². The summed E-state index contributed by atoms with van der Waals surface area (Å²) >= 11 is 1.17. The maximum atomic E-state index is 11.9. The van der Waals surface area contributed by atoms with Gasteiger partial charge in [-0.15, -0.1) is 11.3 Å². The molecular weight excluding hydrogens is 290 g/mol. The van der Waals surface area contributed by atoms with E-state index in [2.05, 4.69) is 4.40 Å². The minimum absolute atomic E-state index is 0.259. The Morgan fingerprint density at radius 3 is 2.50 bits per heavy atom. The molecule has 0 aliphatic rings. The van der Waals surface area contributed by atoms with Gasteiger partial charge < -0.3 is 0 Å². The normalized spacial score (nSPS) is 12.2. The second-order valence-electron chi connectivity index (χ2n) is 4.25. The minimum atomic E-state index is -3.58. The fraction of sp³-hybridized carbons (Fsp3) is 0. The number of hydrogen-bond donors (Lipinski definition) is 0. The Morgan fingerprint density at radius 1 is 0.950 bits per heavy atom. The third-order valence-corrected chi connectivity index (χ3v) is 5.47. The van der Waals surface area contributed by atoms with Gasteiger partial charge >= 0.3 is 0 Å². The molecule has 0 unspecified atom stereocenters. The molecule has 0 amide bonds. The Hall–Kier alpha value is -1.98. The van der Waals surface area contributed by atoms with Gasteiger partial charge in [0.1, 0.15) is 4.21 Å². The molecule has 2 aromatic carbocycles. The van der Waals surface area contributed by atoms with E-state index < -0.39 is 10.0 Å². The summed E-state index contributed by atoms with van der Waals surface area (Å²) in [6, 6.07) is 16.9. The molecule has 20 heavy (non-hydrogen) atoms. The van der Waals surface area contributed by atoms with E-state index in [0.29, 0.717) is 0 Å². The molecule has 3 nitrogen and oxygen atoms in total. The van der Waals surface area contributed by atoms with Crippen LogP contribution in [0.15, 0.2) is 68.6 Å². The minimum Gasteiger partial charge on any atom is -0.198 e. The summed E-state index contributed by atoms with van der Waals surface area (Å²) in [6.45, 7) is 0. The van der Waals surface area contributed by atoms with Crippen molar-refractivity contribution in [2.24, 2.45) is 4.40 Å². The number of benzene rings is 2. The molecule has 100 valence electrons. The highest BCUT2D eigenvalue weighted by molar-refractivity contribution is 7.92. The van der Waals surface area contributed by atoms with Crippen molar-refractivity contribution in [2.45, 2.75) is 4.21 Å². The van der Waals surface area contributed by atoms with Crippen LogP contribution in [0.4, 0.5) is 0 Å². The Morgan fingerprint density at radius 2 is 1.75 bits per heavy atom. The van der Waals surface area contributed by atoms with E-state index in [9.17, 15) is 8.42 Å². The second kappa shape index (κ2) is 5.19. The van der Waals surface area contributed by atoms with Gasteiger partial charge in [0, 0.05) is 6.21 Å². The zero-order valence-corrected chi connectivity index (χ0v) is 12.1. The van der Waals surface area contributed by atoms with Crippen LogP contribution in [-0.4, -0.2) is 14.6 Å². The van der Waals surface area contributed by atoms with Gasteiger partial charge in [0.25, 0.3) is 10.0 Å². The van der Waals surface area contributed by atoms with Crippen molar-refractivity contribution in [1.29, 1.82) is 0 Å². The summed E-state index contributed by atoms with van der Waals surface area (Å²) in [6.07, 6.45) is 1.39. The number of nitrogens with zero attached hydrogens (tertiary/aromatic N) is 1. The van der Waals surface area contributed by atoms with Crippen LogP contribution in [-0.2, 0) is 10.0 Å². The zero-order valence-electron chi connectivity index (χ0n) is 10.4. The number of rotatable bonds is 3. The van der Waals surface area contributed by atoms with Gasteiger partial charge in [0.2, 0.25) is 0 Å². The fourth-order valence-corrected chi connectivity index (χ4v) is 3.73. The van der Waals surface area contributed by atoms with Crippen LogP contribution in [0.5, 0.6) is 0 Å². The maximum absolute atomic E-state index is 11.9. The molecule has 0 aliphatic heterocycles. The molecule has 0 saturated carbocycles. The lowest BCUT2D eigenvalue weighted by Gasteiger charge is -1.99. The smallest absolute Gasteiger partial charge is 0.198 e. The summed E-state index contributed by atoms with van der Waals surface area (Å²) in [5, 5.41) is 3.90. The lowest BCUT2D eigenvalue weighted by Crippen LogP contribution is -1.94. The molecule has 0 fully saturated rings. The summed E-state index contributed by atoms with van der Waals surface area (Å²) in [5.41, 5.74) is 0.767. The molecule has 0 aliphatic carbocycles. The second-order valence-corrected chi connectivity index (χ2v) is 7.06. The van der Waals surface area contributed by atoms with Crippen molar-refractivity contribution in [3.05, 3.63) is 65.5 Å². The first-order chi connectivity index (χ1) is 9.65. The highest BCUT2D eigenvalue weighted by atomic mass is 32.2. The topological polar surface area (TPSA) is 46.5 Å². The van der Waals surface area contributed by atoms with E-state index in [0.717, 1.165) is 16.3 Å². The molecule has 0 spiro atoms. The Kier molecular flexibility index (Phi) is 3.38. The van der Waals surface area contributed by atoms with E-state index in [1.54, 1.807) is 17.5 Å². The van der Waals surface area contributed by atoms with E-state index in [1.165, 1.54) is 17.6 Å². The molecule has 5 heteroatoms. The number of sulfonamides is 1. The van der Waals surface area contributed by atoms with Crippen LogP contribution in [0.3, 0.4) is 0 Å². The highest BCUT2D eigenvalue weighted by Gasteiger charge is 2.12. The average Bonchev–Trinajstić information content (AvgIpc) is 3.00. The van der Waals surface area contributed by atoms with Crippen molar-refractivity contribution in [3.8, 4) is 0 Å². The molecule has 0 atom stereocenters. The van der Waals surface area contributed by atoms with Gasteiger partial charge in [-0.1, -0.05) is 42.5 Å². The first-order valence-electron chi connectivity index (χ1n) is 5.98.